The SMILES string of the molecule is CCC[C@H]1CC[C@H](CCc2ccc(OC(=O)c3ccc(OCCCC[C@@H](C)CC)cc3)cc2)CC1. The van der Waals surface area contributed by atoms with Crippen molar-refractivity contribution in [1.82, 2.24) is 0 Å². The molecule has 1 saturated carbocycles. The summed E-state index contributed by atoms with van der Waals surface area (Å²) in [5, 5.41) is 0. The summed E-state index contributed by atoms with van der Waals surface area (Å²) in [4.78, 5) is 12.5. The molecule has 0 radical (unpaired) electrons. The van der Waals surface area contributed by atoms with E-state index in [0.29, 0.717) is 17.9 Å². The van der Waals surface area contributed by atoms with E-state index in [1.807, 2.05) is 24.3 Å². The largest absolute Gasteiger partial charge is 0.494 e. The zero-order valence-corrected chi connectivity index (χ0v) is 22.3. The smallest absolute Gasteiger partial charge is 0.343 e. The minimum Gasteiger partial charge on any atom is -0.494 e. The van der Waals surface area contributed by atoms with Crippen molar-refractivity contribution in [1.29, 1.82) is 0 Å². The van der Waals surface area contributed by atoms with Crippen LogP contribution in [0.3, 0.4) is 0 Å². The van der Waals surface area contributed by atoms with Crippen LogP contribution in [0.5, 0.6) is 11.5 Å². The van der Waals surface area contributed by atoms with E-state index in [4.69, 9.17) is 9.47 Å². The standard InChI is InChI=1S/C32H46O3/c1-4-8-26-10-12-27(13-11-26)14-15-28-16-20-31(21-17-28)35-32(33)29-18-22-30(23-19-29)34-24-7-6-9-25(3)5-2/h16-23,25-27H,4-15,24H2,1-3H3/t25-,26-,27-/m0/s1. The molecule has 1 aliphatic carbocycles. The molecular formula is C32H46O3. The maximum absolute atomic E-state index is 12.5. The molecule has 3 heteroatoms. The van der Waals surface area contributed by atoms with Gasteiger partial charge in [0.2, 0.25) is 0 Å². The number of benzene rings is 2. The van der Waals surface area contributed by atoms with Gasteiger partial charge in [-0.2, -0.15) is 0 Å². The van der Waals surface area contributed by atoms with Gasteiger partial charge in [0.05, 0.1) is 12.2 Å². The predicted octanol–water partition coefficient (Wildman–Crippen LogP) is 9.04. The lowest BCUT2D eigenvalue weighted by atomic mass is 9.78. The summed E-state index contributed by atoms with van der Waals surface area (Å²) in [6.45, 7) is 7.55. The minimum atomic E-state index is -0.332. The molecule has 2 aromatic carbocycles. The summed E-state index contributed by atoms with van der Waals surface area (Å²) in [6.07, 6.45) is 15.5. The van der Waals surface area contributed by atoms with Gasteiger partial charge < -0.3 is 9.47 Å². The average molecular weight is 479 g/mol. The Morgan fingerprint density at radius 1 is 0.857 bits per heavy atom. The van der Waals surface area contributed by atoms with E-state index < -0.39 is 0 Å². The molecule has 0 unspecified atom stereocenters. The van der Waals surface area contributed by atoms with Gasteiger partial charge in [-0.25, -0.2) is 4.79 Å². The third kappa shape index (κ3) is 9.70. The topological polar surface area (TPSA) is 35.5 Å². The number of aryl methyl sites for hydroxylation is 1. The number of carbonyl (C=O) groups excluding carboxylic acids is 1. The van der Waals surface area contributed by atoms with Gasteiger partial charge in [-0.1, -0.05) is 84.3 Å². The van der Waals surface area contributed by atoms with Crippen LogP contribution in [0.25, 0.3) is 0 Å². The first-order valence-corrected chi connectivity index (χ1v) is 14.1. The minimum absolute atomic E-state index is 0.332. The highest BCUT2D eigenvalue weighted by Gasteiger charge is 2.20. The van der Waals surface area contributed by atoms with Gasteiger partial charge in [0.15, 0.2) is 0 Å². The summed E-state index contributed by atoms with van der Waals surface area (Å²) >= 11 is 0. The third-order valence-corrected chi connectivity index (χ3v) is 7.79. The highest BCUT2D eigenvalue weighted by atomic mass is 16.5. The van der Waals surface area contributed by atoms with Crippen molar-refractivity contribution >= 4 is 5.97 Å². The third-order valence-electron chi connectivity index (χ3n) is 7.79. The molecule has 0 aromatic heterocycles. The van der Waals surface area contributed by atoms with Crippen molar-refractivity contribution in [3.63, 3.8) is 0 Å². The van der Waals surface area contributed by atoms with Gasteiger partial charge in [0, 0.05) is 0 Å². The molecule has 0 amide bonds. The molecule has 0 heterocycles. The van der Waals surface area contributed by atoms with E-state index >= 15 is 0 Å². The van der Waals surface area contributed by atoms with Crippen LogP contribution in [0.1, 0.15) is 107 Å². The van der Waals surface area contributed by atoms with Crippen molar-refractivity contribution in [3.8, 4) is 11.5 Å². The van der Waals surface area contributed by atoms with E-state index in [2.05, 4.69) is 32.9 Å². The Kier molecular flexibility index (Phi) is 11.7. The summed E-state index contributed by atoms with van der Waals surface area (Å²) in [7, 11) is 0. The Bertz CT molecular complexity index is 847. The van der Waals surface area contributed by atoms with E-state index in [0.717, 1.165) is 36.3 Å². The first-order valence-electron chi connectivity index (χ1n) is 14.1. The molecule has 1 aliphatic rings. The average Bonchev–Trinajstić information content (AvgIpc) is 2.89. The number of ether oxygens (including phenoxy) is 2. The molecular weight excluding hydrogens is 432 g/mol. The normalized spacial score (nSPS) is 18.7. The Morgan fingerprint density at radius 3 is 2.11 bits per heavy atom. The highest BCUT2D eigenvalue weighted by Crippen LogP contribution is 2.34. The van der Waals surface area contributed by atoms with Crippen molar-refractivity contribution in [2.75, 3.05) is 6.61 Å². The maximum atomic E-state index is 12.5. The Morgan fingerprint density at radius 2 is 1.49 bits per heavy atom. The van der Waals surface area contributed by atoms with Gasteiger partial charge in [-0.3, -0.25) is 0 Å². The number of hydrogen-bond donors (Lipinski definition) is 0. The first-order chi connectivity index (χ1) is 17.1. The lowest BCUT2D eigenvalue weighted by Crippen LogP contribution is -2.15. The second kappa shape index (κ2) is 15.0. The zero-order valence-electron chi connectivity index (χ0n) is 22.3. The number of hydrogen-bond acceptors (Lipinski definition) is 3. The number of esters is 1. The molecule has 2 aromatic rings. The lowest BCUT2D eigenvalue weighted by Gasteiger charge is -2.28. The monoisotopic (exact) mass is 478 g/mol. The van der Waals surface area contributed by atoms with Crippen LogP contribution in [-0.4, -0.2) is 12.6 Å². The highest BCUT2D eigenvalue weighted by molar-refractivity contribution is 5.91. The zero-order chi connectivity index (χ0) is 24.9. The molecule has 3 rings (SSSR count). The maximum Gasteiger partial charge on any atom is 0.343 e. The van der Waals surface area contributed by atoms with E-state index in [-0.39, 0.29) is 5.97 Å². The van der Waals surface area contributed by atoms with E-state index in [1.165, 1.54) is 69.8 Å². The fraction of sp³-hybridized carbons (Fsp3) is 0.594. The Balaban J connectivity index is 1.36. The first kappa shape index (κ1) is 27.3. The molecule has 0 spiro atoms. The van der Waals surface area contributed by atoms with Crippen LogP contribution in [-0.2, 0) is 6.42 Å². The summed E-state index contributed by atoms with van der Waals surface area (Å²) in [5.74, 6) is 3.70. The molecule has 0 aliphatic heterocycles. The van der Waals surface area contributed by atoms with Crippen LogP contribution < -0.4 is 9.47 Å². The number of unbranched alkanes of at least 4 members (excludes halogenated alkanes) is 1. The quantitative estimate of drug-likeness (QED) is 0.154. The predicted molar refractivity (Wildman–Crippen MR) is 145 cm³/mol. The molecule has 192 valence electrons. The van der Waals surface area contributed by atoms with Crippen molar-refractivity contribution in [3.05, 3.63) is 59.7 Å². The fourth-order valence-electron chi connectivity index (χ4n) is 5.15. The van der Waals surface area contributed by atoms with Gasteiger partial charge in [-0.05, 0) is 85.4 Å². The molecule has 0 saturated heterocycles. The van der Waals surface area contributed by atoms with Gasteiger partial charge in [0.1, 0.15) is 11.5 Å². The van der Waals surface area contributed by atoms with Crippen LogP contribution in [0.4, 0.5) is 0 Å². The van der Waals surface area contributed by atoms with Crippen LogP contribution >= 0.6 is 0 Å². The van der Waals surface area contributed by atoms with Crippen LogP contribution in [0, 0.1) is 17.8 Å². The summed E-state index contributed by atoms with van der Waals surface area (Å²) in [6, 6.07) is 15.3. The number of rotatable bonds is 14. The molecule has 3 nitrogen and oxygen atoms in total. The van der Waals surface area contributed by atoms with E-state index in [9.17, 15) is 4.79 Å². The number of carbonyl (C=O) groups is 1. The molecule has 1 atom stereocenters. The van der Waals surface area contributed by atoms with E-state index in [1.54, 1.807) is 12.1 Å². The van der Waals surface area contributed by atoms with Crippen molar-refractivity contribution in [2.24, 2.45) is 17.8 Å². The summed E-state index contributed by atoms with van der Waals surface area (Å²) < 4.78 is 11.4. The van der Waals surface area contributed by atoms with Crippen molar-refractivity contribution in [2.45, 2.75) is 97.8 Å². The van der Waals surface area contributed by atoms with Crippen LogP contribution in [0.2, 0.25) is 0 Å². The van der Waals surface area contributed by atoms with Gasteiger partial charge in [-0.15, -0.1) is 0 Å². The Labute approximate surface area is 213 Å². The molecule has 0 N–H and O–H groups in total. The van der Waals surface area contributed by atoms with Crippen LogP contribution in [0.15, 0.2) is 48.5 Å². The second-order valence-electron chi connectivity index (χ2n) is 10.6. The molecule has 35 heavy (non-hydrogen) atoms. The summed E-state index contributed by atoms with van der Waals surface area (Å²) in [5.41, 5.74) is 1.86. The van der Waals surface area contributed by atoms with Crippen molar-refractivity contribution < 1.29 is 14.3 Å². The molecule has 1 fully saturated rings. The molecule has 0 bridgehead atoms. The Hall–Kier alpha value is -2.29. The van der Waals surface area contributed by atoms with Gasteiger partial charge in [0.25, 0.3) is 0 Å². The lowest BCUT2D eigenvalue weighted by molar-refractivity contribution is 0.0734. The van der Waals surface area contributed by atoms with Gasteiger partial charge >= 0.3 is 5.97 Å². The second-order valence-corrected chi connectivity index (χ2v) is 10.6. The fourth-order valence-corrected chi connectivity index (χ4v) is 5.15.